The molecule has 0 N–H and O–H groups in total. The van der Waals surface area contributed by atoms with Crippen molar-refractivity contribution in [3.05, 3.63) is 204 Å². The summed E-state index contributed by atoms with van der Waals surface area (Å²) in [4.78, 5) is 0. The van der Waals surface area contributed by atoms with E-state index in [1.165, 1.54) is 161 Å². The summed E-state index contributed by atoms with van der Waals surface area (Å²) in [5.74, 6) is 0. The molecule has 0 nitrogen and oxygen atoms in total. The van der Waals surface area contributed by atoms with Crippen molar-refractivity contribution in [1.82, 2.24) is 0 Å². The third-order valence-corrected chi connectivity index (χ3v) is 16.8. The van der Waals surface area contributed by atoms with Gasteiger partial charge in [-0.05, 0) is 159 Å². The zero-order valence-electron chi connectivity index (χ0n) is 40.4. The van der Waals surface area contributed by atoms with Crippen molar-refractivity contribution >= 4 is 43.1 Å². The van der Waals surface area contributed by atoms with Crippen LogP contribution < -0.4 is 0 Å². The maximum atomic E-state index is 2.64. The Balaban J connectivity index is 1.10. The summed E-state index contributed by atoms with van der Waals surface area (Å²) in [6, 6.07) is 70.6. The lowest BCUT2D eigenvalue weighted by molar-refractivity contribution is 0.405. The average Bonchev–Trinajstić information content (AvgIpc) is 3.83. The van der Waals surface area contributed by atoms with Gasteiger partial charge in [0.15, 0.2) is 0 Å². The molecule has 0 heterocycles. The molecule has 0 saturated heterocycles. The fourth-order valence-corrected chi connectivity index (χ4v) is 13.7. The van der Waals surface area contributed by atoms with Crippen molar-refractivity contribution in [2.24, 2.45) is 0 Å². The molecule has 68 heavy (non-hydrogen) atoms. The highest BCUT2D eigenvalue weighted by molar-refractivity contribution is 6.30. The van der Waals surface area contributed by atoms with Crippen molar-refractivity contribution in [2.75, 3.05) is 0 Å². The second kappa shape index (κ2) is 17.1. The molecule has 10 aromatic rings. The molecule has 0 amide bonds. The van der Waals surface area contributed by atoms with Gasteiger partial charge in [-0.25, -0.2) is 0 Å². The second-order valence-corrected chi connectivity index (χ2v) is 20.1. The highest BCUT2D eigenvalue weighted by Crippen LogP contribution is 2.58. The van der Waals surface area contributed by atoms with E-state index in [4.69, 9.17) is 0 Å². The zero-order chi connectivity index (χ0) is 46.0. The van der Waals surface area contributed by atoms with E-state index in [0.29, 0.717) is 0 Å². The third-order valence-electron chi connectivity index (χ3n) is 16.8. The maximum absolute atomic E-state index is 2.64. The fraction of sp³-hybridized carbons (Fsp3) is 0.235. The summed E-state index contributed by atoms with van der Waals surface area (Å²) < 4.78 is 0. The first kappa shape index (κ1) is 42.6. The van der Waals surface area contributed by atoms with Crippen LogP contribution in [0.2, 0.25) is 0 Å². The molecular weight excluding hydrogens is 817 g/mol. The Kier molecular flexibility index (Phi) is 10.7. The molecule has 0 atom stereocenters. The third kappa shape index (κ3) is 6.25. The minimum atomic E-state index is 0.00146. The number of benzene rings is 10. The largest absolute Gasteiger partial charge is 0.0654 e. The van der Waals surface area contributed by atoms with Crippen LogP contribution in [0.3, 0.4) is 0 Å². The molecule has 0 aromatic heterocycles. The lowest BCUT2D eigenvalue weighted by Gasteiger charge is -2.33. The standard InChI is InChI=1S/C68H62/c1-5-9-23-41-68(42-24-10-6-2)60-36-22-20-26-48(60)50-40-38-46(44-62(50)68)64-53-29-13-17-33-57(53)66(58-34-18-14-30-54(58)64)65-55-31-15-11-27-51(55)63(52-28-12-16-32-56(52)65)45-37-39-49-47-25-19-21-35-59(47)67(7-3,8-4)61(49)43-45/h11-22,25-40,43-44H,5-10,23-24,41-42H2,1-4H3. The summed E-state index contributed by atoms with van der Waals surface area (Å²) in [6.45, 7) is 9.44. The van der Waals surface area contributed by atoms with Crippen LogP contribution in [-0.2, 0) is 10.8 Å². The molecule has 0 saturated carbocycles. The van der Waals surface area contributed by atoms with Gasteiger partial charge < -0.3 is 0 Å². The van der Waals surface area contributed by atoms with Crippen LogP contribution in [-0.4, -0.2) is 0 Å². The lowest BCUT2D eigenvalue weighted by Crippen LogP contribution is -2.25. The summed E-state index contributed by atoms with van der Waals surface area (Å²) in [6.07, 6.45) is 12.1. The average molecular weight is 879 g/mol. The van der Waals surface area contributed by atoms with Gasteiger partial charge >= 0.3 is 0 Å². The van der Waals surface area contributed by atoms with E-state index < -0.39 is 0 Å². The number of unbranched alkanes of at least 4 members (excludes halogenated alkanes) is 4. The first-order valence-corrected chi connectivity index (χ1v) is 25.9. The van der Waals surface area contributed by atoms with Gasteiger partial charge in [0.1, 0.15) is 0 Å². The highest BCUT2D eigenvalue weighted by Gasteiger charge is 2.43. The fourth-order valence-electron chi connectivity index (χ4n) is 13.7. The van der Waals surface area contributed by atoms with Gasteiger partial charge in [-0.3, -0.25) is 0 Å². The minimum absolute atomic E-state index is 0.00146. The molecule has 334 valence electrons. The molecule has 0 fully saturated rings. The quantitative estimate of drug-likeness (QED) is 0.0800. The highest BCUT2D eigenvalue weighted by atomic mass is 14.5. The summed E-state index contributed by atoms with van der Waals surface area (Å²) in [5.41, 5.74) is 19.7. The second-order valence-electron chi connectivity index (χ2n) is 20.1. The van der Waals surface area contributed by atoms with E-state index in [1.807, 2.05) is 0 Å². The number of fused-ring (bicyclic) bond motifs is 10. The Morgan fingerprint density at radius 1 is 0.279 bits per heavy atom. The van der Waals surface area contributed by atoms with Crippen LogP contribution in [0, 0.1) is 0 Å². The maximum Gasteiger partial charge on any atom is 0.0215 e. The van der Waals surface area contributed by atoms with Crippen molar-refractivity contribution in [2.45, 2.75) is 103 Å². The van der Waals surface area contributed by atoms with Crippen molar-refractivity contribution in [3.8, 4) is 55.6 Å². The Labute approximate surface area is 403 Å². The zero-order valence-corrected chi connectivity index (χ0v) is 40.4. The number of hydrogen-bond acceptors (Lipinski definition) is 0. The number of hydrogen-bond donors (Lipinski definition) is 0. The molecule has 2 aliphatic rings. The summed E-state index contributed by atoms with van der Waals surface area (Å²) in [7, 11) is 0. The van der Waals surface area contributed by atoms with Gasteiger partial charge in [0.05, 0.1) is 0 Å². The van der Waals surface area contributed by atoms with Crippen molar-refractivity contribution in [3.63, 3.8) is 0 Å². The van der Waals surface area contributed by atoms with E-state index in [1.54, 1.807) is 11.1 Å². The first-order valence-electron chi connectivity index (χ1n) is 25.9. The monoisotopic (exact) mass is 878 g/mol. The van der Waals surface area contributed by atoms with Crippen LogP contribution in [0.5, 0.6) is 0 Å². The summed E-state index contributed by atoms with van der Waals surface area (Å²) in [5, 5.41) is 10.4. The van der Waals surface area contributed by atoms with Gasteiger partial charge in [0.2, 0.25) is 0 Å². The molecule has 2 aliphatic carbocycles. The molecule has 0 unspecified atom stereocenters. The Bertz CT molecular complexity index is 3450. The van der Waals surface area contributed by atoms with Crippen LogP contribution >= 0.6 is 0 Å². The van der Waals surface area contributed by atoms with Crippen molar-refractivity contribution < 1.29 is 0 Å². The SMILES string of the molecule is CCCCCC1(CCCCC)c2ccccc2-c2ccc(-c3c4ccccc4c(-c4c5ccccc5c(-c5ccc6c(c5)C(CC)(CC)c5ccccc5-6)c5ccccc45)c4ccccc34)cc21. The Morgan fingerprint density at radius 2 is 0.588 bits per heavy atom. The first-order chi connectivity index (χ1) is 33.6. The normalized spacial score (nSPS) is 14.1. The van der Waals surface area contributed by atoms with Crippen LogP contribution in [0.4, 0.5) is 0 Å². The number of rotatable bonds is 13. The minimum Gasteiger partial charge on any atom is -0.0654 e. The molecule has 10 aromatic carbocycles. The van der Waals surface area contributed by atoms with Crippen molar-refractivity contribution in [1.29, 1.82) is 0 Å². The predicted molar refractivity (Wildman–Crippen MR) is 294 cm³/mol. The molecule has 0 spiro atoms. The van der Waals surface area contributed by atoms with E-state index in [-0.39, 0.29) is 10.8 Å². The smallest absolute Gasteiger partial charge is 0.0215 e. The van der Waals surface area contributed by atoms with E-state index in [9.17, 15) is 0 Å². The van der Waals surface area contributed by atoms with Gasteiger partial charge in [0.25, 0.3) is 0 Å². The summed E-state index contributed by atoms with van der Waals surface area (Å²) >= 11 is 0. The molecule has 0 aliphatic heterocycles. The Hall–Kier alpha value is -6.76. The van der Waals surface area contributed by atoms with Crippen LogP contribution in [0.15, 0.2) is 182 Å². The van der Waals surface area contributed by atoms with E-state index in [0.717, 1.165) is 12.8 Å². The molecular formula is C68H62. The Morgan fingerprint density at radius 3 is 0.956 bits per heavy atom. The van der Waals surface area contributed by atoms with Gasteiger partial charge in [-0.15, -0.1) is 0 Å². The van der Waals surface area contributed by atoms with E-state index in [2.05, 4.69) is 210 Å². The lowest BCUT2D eigenvalue weighted by atomic mass is 9.70. The molecule has 0 bridgehead atoms. The van der Waals surface area contributed by atoms with Gasteiger partial charge in [-0.1, -0.05) is 236 Å². The molecule has 12 rings (SSSR count). The van der Waals surface area contributed by atoms with Crippen LogP contribution in [0.25, 0.3) is 98.7 Å². The van der Waals surface area contributed by atoms with Gasteiger partial charge in [-0.2, -0.15) is 0 Å². The predicted octanol–water partition coefficient (Wildman–Crippen LogP) is 19.8. The molecule has 0 radical (unpaired) electrons. The molecule has 0 heteroatoms. The van der Waals surface area contributed by atoms with Crippen LogP contribution in [0.1, 0.15) is 114 Å². The van der Waals surface area contributed by atoms with Gasteiger partial charge in [0, 0.05) is 10.8 Å². The topological polar surface area (TPSA) is 0 Å². The van der Waals surface area contributed by atoms with E-state index >= 15 is 0 Å².